The summed E-state index contributed by atoms with van der Waals surface area (Å²) in [5, 5.41) is 5.45. The quantitative estimate of drug-likeness (QED) is 0.728. The lowest BCUT2D eigenvalue weighted by molar-refractivity contribution is 0.312. The van der Waals surface area contributed by atoms with Crippen molar-refractivity contribution < 1.29 is 0 Å². The van der Waals surface area contributed by atoms with Crippen molar-refractivity contribution in [3.63, 3.8) is 0 Å². The Bertz CT molecular complexity index is 849. The molecule has 6 nitrogen and oxygen atoms in total. The maximum atomic E-state index is 4.92. The standard InChI is InChI=1S/C19H24N6/c1-23-10-12-25(13-11-23)19-16-14-20-24(2)18(16)21-17(22-19)9-8-15-6-4-3-5-7-15/h3-7,14H,8-13H2,1-2H3. The molecule has 1 aliphatic heterocycles. The summed E-state index contributed by atoms with van der Waals surface area (Å²) in [6.45, 7) is 4.11. The molecule has 1 aromatic carbocycles. The Labute approximate surface area is 148 Å². The summed E-state index contributed by atoms with van der Waals surface area (Å²) in [6, 6.07) is 10.5. The first kappa shape index (κ1) is 16.0. The zero-order chi connectivity index (χ0) is 17.2. The summed E-state index contributed by atoms with van der Waals surface area (Å²) in [6.07, 6.45) is 3.68. The predicted molar refractivity (Wildman–Crippen MR) is 99.9 cm³/mol. The lowest BCUT2D eigenvalue weighted by Crippen LogP contribution is -2.45. The second kappa shape index (κ2) is 6.80. The van der Waals surface area contributed by atoms with Gasteiger partial charge >= 0.3 is 0 Å². The first-order chi connectivity index (χ1) is 12.2. The number of aryl methyl sites for hydroxylation is 3. The third-order valence-electron chi connectivity index (χ3n) is 4.90. The van der Waals surface area contributed by atoms with Crippen LogP contribution in [0.1, 0.15) is 11.4 Å². The van der Waals surface area contributed by atoms with Gasteiger partial charge in [0.25, 0.3) is 0 Å². The molecule has 0 amide bonds. The van der Waals surface area contributed by atoms with Crippen LogP contribution < -0.4 is 4.90 Å². The summed E-state index contributed by atoms with van der Waals surface area (Å²) in [5.74, 6) is 1.93. The molecule has 3 aromatic rings. The number of likely N-dealkylation sites (N-methyl/N-ethyl adjacent to an activating group) is 1. The average molecular weight is 336 g/mol. The van der Waals surface area contributed by atoms with E-state index in [9.17, 15) is 0 Å². The molecule has 3 heterocycles. The van der Waals surface area contributed by atoms with Gasteiger partial charge in [-0.05, 0) is 19.0 Å². The normalized spacial score (nSPS) is 15.8. The van der Waals surface area contributed by atoms with E-state index in [1.807, 2.05) is 24.0 Å². The van der Waals surface area contributed by atoms with Crippen molar-refractivity contribution >= 4 is 16.9 Å². The Balaban J connectivity index is 1.64. The topological polar surface area (TPSA) is 50.1 Å². The molecule has 0 radical (unpaired) electrons. The van der Waals surface area contributed by atoms with Crippen molar-refractivity contribution in [2.45, 2.75) is 12.8 Å². The third kappa shape index (κ3) is 3.35. The van der Waals surface area contributed by atoms with Gasteiger partial charge in [-0.3, -0.25) is 4.68 Å². The molecule has 1 fully saturated rings. The summed E-state index contributed by atoms with van der Waals surface area (Å²) in [4.78, 5) is 14.4. The second-order valence-corrected chi connectivity index (χ2v) is 6.74. The number of nitrogens with zero attached hydrogens (tertiary/aromatic N) is 6. The predicted octanol–water partition coefficient (Wildman–Crippen LogP) is 1.90. The van der Waals surface area contributed by atoms with Crippen LogP contribution in [0.3, 0.4) is 0 Å². The molecule has 0 N–H and O–H groups in total. The number of aromatic nitrogens is 4. The third-order valence-corrected chi connectivity index (χ3v) is 4.90. The van der Waals surface area contributed by atoms with Gasteiger partial charge in [-0.25, -0.2) is 9.97 Å². The van der Waals surface area contributed by atoms with Gasteiger partial charge in [-0.15, -0.1) is 0 Å². The van der Waals surface area contributed by atoms with E-state index in [4.69, 9.17) is 9.97 Å². The second-order valence-electron chi connectivity index (χ2n) is 6.74. The maximum Gasteiger partial charge on any atom is 0.163 e. The van der Waals surface area contributed by atoms with Gasteiger partial charge < -0.3 is 9.80 Å². The highest BCUT2D eigenvalue weighted by Gasteiger charge is 2.20. The van der Waals surface area contributed by atoms with E-state index in [-0.39, 0.29) is 0 Å². The summed E-state index contributed by atoms with van der Waals surface area (Å²) < 4.78 is 1.85. The van der Waals surface area contributed by atoms with E-state index in [1.165, 1.54) is 5.56 Å². The molecule has 0 bridgehead atoms. The van der Waals surface area contributed by atoms with Gasteiger partial charge in [0.2, 0.25) is 0 Å². The van der Waals surface area contributed by atoms with Crippen molar-refractivity contribution in [2.24, 2.45) is 7.05 Å². The van der Waals surface area contributed by atoms with Gasteiger partial charge in [-0.2, -0.15) is 5.10 Å². The van der Waals surface area contributed by atoms with Crippen LogP contribution in [0.25, 0.3) is 11.0 Å². The molecule has 0 unspecified atom stereocenters. The van der Waals surface area contributed by atoms with E-state index in [1.54, 1.807) is 0 Å². The van der Waals surface area contributed by atoms with Crippen LogP contribution in [0.2, 0.25) is 0 Å². The van der Waals surface area contributed by atoms with Crippen molar-refractivity contribution in [1.82, 2.24) is 24.6 Å². The Hall–Kier alpha value is -2.47. The fourth-order valence-electron chi connectivity index (χ4n) is 3.32. The van der Waals surface area contributed by atoms with Crippen LogP contribution in [0.4, 0.5) is 5.82 Å². The van der Waals surface area contributed by atoms with Gasteiger partial charge in [0.1, 0.15) is 11.6 Å². The Morgan fingerprint density at radius 1 is 0.920 bits per heavy atom. The molecular weight excluding hydrogens is 312 g/mol. The molecule has 0 atom stereocenters. The molecule has 2 aromatic heterocycles. The highest BCUT2D eigenvalue weighted by atomic mass is 15.3. The van der Waals surface area contributed by atoms with Gasteiger partial charge in [-0.1, -0.05) is 30.3 Å². The van der Waals surface area contributed by atoms with Crippen LogP contribution in [0.15, 0.2) is 36.5 Å². The lowest BCUT2D eigenvalue weighted by Gasteiger charge is -2.33. The van der Waals surface area contributed by atoms with Gasteiger partial charge in [0, 0.05) is 39.6 Å². The fourth-order valence-corrected chi connectivity index (χ4v) is 3.32. The van der Waals surface area contributed by atoms with E-state index < -0.39 is 0 Å². The van der Waals surface area contributed by atoms with Crippen LogP contribution in [-0.4, -0.2) is 57.9 Å². The zero-order valence-electron chi connectivity index (χ0n) is 14.9. The first-order valence-electron chi connectivity index (χ1n) is 8.87. The number of anilines is 1. The highest BCUT2D eigenvalue weighted by molar-refractivity contribution is 5.87. The minimum absolute atomic E-state index is 0.839. The van der Waals surface area contributed by atoms with Crippen LogP contribution >= 0.6 is 0 Å². The average Bonchev–Trinajstić information content (AvgIpc) is 3.02. The molecule has 1 aliphatic rings. The number of piperazine rings is 1. The van der Waals surface area contributed by atoms with Crippen LogP contribution in [-0.2, 0) is 19.9 Å². The SMILES string of the molecule is CN1CCN(c2nc(CCc3ccccc3)nc3c2cnn3C)CC1. The number of rotatable bonds is 4. The Kier molecular flexibility index (Phi) is 4.36. The van der Waals surface area contributed by atoms with Crippen molar-refractivity contribution in [2.75, 3.05) is 38.1 Å². The van der Waals surface area contributed by atoms with Crippen molar-refractivity contribution in [1.29, 1.82) is 0 Å². The number of hydrogen-bond acceptors (Lipinski definition) is 5. The first-order valence-corrected chi connectivity index (χ1v) is 8.87. The van der Waals surface area contributed by atoms with Gasteiger partial charge in [0.05, 0.1) is 11.6 Å². The molecule has 25 heavy (non-hydrogen) atoms. The minimum atomic E-state index is 0.839. The lowest BCUT2D eigenvalue weighted by atomic mass is 10.1. The largest absolute Gasteiger partial charge is 0.353 e. The summed E-state index contributed by atoms with van der Waals surface area (Å²) >= 11 is 0. The number of fused-ring (bicyclic) bond motifs is 1. The molecule has 0 spiro atoms. The molecule has 6 heteroatoms. The number of hydrogen-bond donors (Lipinski definition) is 0. The monoisotopic (exact) mass is 336 g/mol. The van der Waals surface area contributed by atoms with Crippen LogP contribution in [0.5, 0.6) is 0 Å². The van der Waals surface area contributed by atoms with E-state index in [2.05, 4.69) is 46.2 Å². The molecule has 4 rings (SSSR count). The molecule has 0 saturated carbocycles. The smallest absolute Gasteiger partial charge is 0.163 e. The zero-order valence-corrected chi connectivity index (χ0v) is 14.9. The van der Waals surface area contributed by atoms with Crippen molar-refractivity contribution in [3.05, 3.63) is 47.9 Å². The number of benzene rings is 1. The van der Waals surface area contributed by atoms with E-state index in [0.29, 0.717) is 0 Å². The van der Waals surface area contributed by atoms with E-state index in [0.717, 1.165) is 61.7 Å². The molecule has 0 aliphatic carbocycles. The minimum Gasteiger partial charge on any atom is -0.353 e. The Morgan fingerprint density at radius 2 is 1.68 bits per heavy atom. The maximum absolute atomic E-state index is 4.92. The molecule has 130 valence electrons. The van der Waals surface area contributed by atoms with E-state index >= 15 is 0 Å². The van der Waals surface area contributed by atoms with Crippen molar-refractivity contribution in [3.8, 4) is 0 Å². The summed E-state index contributed by atoms with van der Waals surface area (Å²) in [7, 11) is 4.12. The highest BCUT2D eigenvalue weighted by Crippen LogP contribution is 2.24. The summed E-state index contributed by atoms with van der Waals surface area (Å²) in [5.41, 5.74) is 2.24. The Morgan fingerprint density at radius 3 is 2.44 bits per heavy atom. The van der Waals surface area contributed by atoms with Gasteiger partial charge in [0.15, 0.2) is 5.65 Å². The fraction of sp³-hybridized carbons (Fsp3) is 0.421. The molecular formula is C19H24N6. The van der Waals surface area contributed by atoms with Crippen LogP contribution in [0, 0.1) is 0 Å². The molecule has 1 saturated heterocycles.